The lowest BCUT2D eigenvalue weighted by atomic mass is 9.96. The van der Waals surface area contributed by atoms with Crippen LogP contribution >= 0.6 is 0 Å². The van der Waals surface area contributed by atoms with Gasteiger partial charge >= 0.3 is 0 Å². The molecule has 1 heterocycles. The predicted molar refractivity (Wildman–Crippen MR) is 133 cm³/mol. The quantitative estimate of drug-likeness (QED) is 0.549. The molecule has 0 radical (unpaired) electrons. The molecule has 1 fully saturated rings. The molecule has 3 amide bonds. The SMILES string of the molecule is CCOCCCNC(=O)c1cccc(NC(=O)C2CCCN(C(=O)c3cc(C)cc(C)c3)C2)c1. The van der Waals surface area contributed by atoms with Crippen molar-refractivity contribution in [3.05, 3.63) is 64.7 Å². The fourth-order valence-electron chi connectivity index (χ4n) is 4.26. The number of nitrogens with zero attached hydrogens (tertiary/aromatic N) is 1. The molecule has 1 aliphatic rings. The number of rotatable bonds is 9. The molecule has 1 aliphatic heterocycles. The van der Waals surface area contributed by atoms with Gasteiger partial charge in [-0.2, -0.15) is 0 Å². The summed E-state index contributed by atoms with van der Waals surface area (Å²) >= 11 is 0. The first-order valence-electron chi connectivity index (χ1n) is 12.0. The summed E-state index contributed by atoms with van der Waals surface area (Å²) in [7, 11) is 0. The van der Waals surface area contributed by atoms with E-state index in [2.05, 4.69) is 10.6 Å². The Hall–Kier alpha value is -3.19. The molecule has 3 rings (SSSR count). The van der Waals surface area contributed by atoms with Crippen LogP contribution in [0, 0.1) is 19.8 Å². The third-order valence-corrected chi connectivity index (χ3v) is 5.90. The van der Waals surface area contributed by atoms with Crippen molar-refractivity contribution in [3.8, 4) is 0 Å². The Morgan fingerprint density at radius 3 is 2.56 bits per heavy atom. The van der Waals surface area contributed by atoms with Crippen LogP contribution in [0.2, 0.25) is 0 Å². The molecule has 1 saturated heterocycles. The van der Waals surface area contributed by atoms with E-state index in [1.807, 2.05) is 39.0 Å². The monoisotopic (exact) mass is 465 g/mol. The summed E-state index contributed by atoms with van der Waals surface area (Å²) in [5.41, 5.74) is 3.83. The van der Waals surface area contributed by atoms with E-state index in [1.165, 1.54) is 0 Å². The number of benzene rings is 2. The lowest BCUT2D eigenvalue weighted by Gasteiger charge is -2.32. The summed E-state index contributed by atoms with van der Waals surface area (Å²) in [6.07, 6.45) is 2.25. The van der Waals surface area contributed by atoms with Crippen LogP contribution in [0.1, 0.15) is 58.0 Å². The number of carbonyl (C=O) groups is 3. The van der Waals surface area contributed by atoms with Crippen molar-refractivity contribution >= 4 is 23.4 Å². The number of nitrogens with one attached hydrogen (secondary N) is 2. The van der Waals surface area contributed by atoms with Crippen LogP contribution in [-0.4, -0.2) is 55.5 Å². The van der Waals surface area contributed by atoms with Crippen LogP contribution in [0.4, 0.5) is 5.69 Å². The van der Waals surface area contributed by atoms with Crippen LogP contribution in [0.15, 0.2) is 42.5 Å². The summed E-state index contributed by atoms with van der Waals surface area (Å²) < 4.78 is 5.28. The minimum atomic E-state index is -0.292. The zero-order valence-electron chi connectivity index (χ0n) is 20.4. The first kappa shape index (κ1) is 25.4. The standard InChI is InChI=1S/C27H35N3O4/c1-4-34-13-7-11-28-25(31)21-8-5-10-24(17-21)29-26(32)22-9-6-12-30(18-22)27(33)23-15-19(2)14-20(3)16-23/h5,8,10,14-17,22H,4,6-7,9,11-13,18H2,1-3H3,(H,28,31)(H,29,32). The van der Waals surface area contributed by atoms with Gasteiger partial charge in [-0.1, -0.05) is 23.3 Å². The number of amides is 3. The van der Waals surface area contributed by atoms with Crippen LogP contribution in [-0.2, 0) is 9.53 Å². The maximum atomic E-state index is 13.0. The van der Waals surface area contributed by atoms with Gasteiger partial charge in [0.15, 0.2) is 0 Å². The van der Waals surface area contributed by atoms with E-state index in [-0.39, 0.29) is 23.6 Å². The van der Waals surface area contributed by atoms with Gasteiger partial charge in [-0.15, -0.1) is 0 Å². The van der Waals surface area contributed by atoms with Crippen molar-refractivity contribution in [1.29, 1.82) is 0 Å². The third-order valence-electron chi connectivity index (χ3n) is 5.90. The number of likely N-dealkylation sites (tertiary alicyclic amines) is 1. The lowest BCUT2D eigenvalue weighted by Crippen LogP contribution is -2.43. The van der Waals surface area contributed by atoms with Crippen molar-refractivity contribution < 1.29 is 19.1 Å². The minimum Gasteiger partial charge on any atom is -0.382 e. The number of hydrogen-bond acceptors (Lipinski definition) is 4. The average Bonchev–Trinajstić information content (AvgIpc) is 2.83. The zero-order valence-corrected chi connectivity index (χ0v) is 20.4. The van der Waals surface area contributed by atoms with Gasteiger partial charge in [0.25, 0.3) is 11.8 Å². The molecule has 7 heteroatoms. The van der Waals surface area contributed by atoms with E-state index < -0.39 is 0 Å². The normalized spacial score (nSPS) is 15.6. The van der Waals surface area contributed by atoms with E-state index in [0.29, 0.717) is 49.7 Å². The second-order valence-electron chi connectivity index (χ2n) is 8.84. The predicted octanol–water partition coefficient (Wildman–Crippen LogP) is 3.95. The summed E-state index contributed by atoms with van der Waals surface area (Å²) in [5, 5.41) is 5.80. The van der Waals surface area contributed by atoms with Gasteiger partial charge in [-0.25, -0.2) is 0 Å². The smallest absolute Gasteiger partial charge is 0.253 e. The third kappa shape index (κ3) is 7.15. The number of piperidine rings is 1. The molecule has 34 heavy (non-hydrogen) atoms. The highest BCUT2D eigenvalue weighted by molar-refractivity contribution is 5.98. The highest BCUT2D eigenvalue weighted by Gasteiger charge is 2.29. The van der Waals surface area contributed by atoms with Crippen LogP contribution in [0.25, 0.3) is 0 Å². The molecule has 0 bridgehead atoms. The molecule has 1 unspecified atom stereocenters. The average molecular weight is 466 g/mol. The van der Waals surface area contributed by atoms with Gasteiger partial charge < -0.3 is 20.3 Å². The molecule has 0 spiro atoms. The van der Waals surface area contributed by atoms with Crippen LogP contribution in [0.3, 0.4) is 0 Å². The topological polar surface area (TPSA) is 87.7 Å². The fourth-order valence-corrected chi connectivity index (χ4v) is 4.26. The fraction of sp³-hybridized carbons (Fsp3) is 0.444. The maximum absolute atomic E-state index is 13.0. The molecule has 7 nitrogen and oxygen atoms in total. The van der Waals surface area contributed by atoms with Gasteiger partial charge in [-0.3, -0.25) is 14.4 Å². The van der Waals surface area contributed by atoms with Crippen LogP contribution < -0.4 is 10.6 Å². The van der Waals surface area contributed by atoms with E-state index in [1.54, 1.807) is 29.2 Å². The van der Waals surface area contributed by atoms with Gasteiger partial charge in [-0.05, 0) is 70.4 Å². The summed E-state index contributed by atoms with van der Waals surface area (Å²) in [5.74, 6) is -0.644. The first-order chi connectivity index (χ1) is 16.4. The van der Waals surface area contributed by atoms with Gasteiger partial charge in [0.05, 0.1) is 5.92 Å². The van der Waals surface area contributed by atoms with Gasteiger partial charge in [0.2, 0.25) is 5.91 Å². The van der Waals surface area contributed by atoms with Crippen molar-refractivity contribution in [2.24, 2.45) is 5.92 Å². The van der Waals surface area contributed by atoms with E-state index in [4.69, 9.17) is 4.74 Å². The number of aryl methyl sites for hydroxylation is 2. The summed E-state index contributed by atoms with van der Waals surface area (Å²) in [6, 6.07) is 12.7. The lowest BCUT2D eigenvalue weighted by molar-refractivity contribution is -0.121. The van der Waals surface area contributed by atoms with Crippen molar-refractivity contribution in [1.82, 2.24) is 10.2 Å². The van der Waals surface area contributed by atoms with E-state index >= 15 is 0 Å². The minimum absolute atomic E-state index is 0.0349. The Morgan fingerprint density at radius 1 is 1.06 bits per heavy atom. The van der Waals surface area contributed by atoms with Crippen molar-refractivity contribution in [3.63, 3.8) is 0 Å². The molecule has 2 aromatic rings. The number of hydrogen-bond donors (Lipinski definition) is 2. The molecule has 0 saturated carbocycles. The molecule has 0 aromatic heterocycles. The Morgan fingerprint density at radius 2 is 1.82 bits per heavy atom. The largest absolute Gasteiger partial charge is 0.382 e. The molecule has 2 N–H and O–H groups in total. The summed E-state index contributed by atoms with van der Waals surface area (Å²) in [6.45, 7) is 8.72. The molecule has 182 valence electrons. The second kappa shape index (κ2) is 12.3. The molecular formula is C27H35N3O4. The number of ether oxygens (including phenoxy) is 1. The molecule has 1 atom stereocenters. The maximum Gasteiger partial charge on any atom is 0.253 e. The Balaban J connectivity index is 1.57. The Bertz CT molecular complexity index is 1000. The van der Waals surface area contributed by atoms with Gasteiger partial charge in [0.1, 0.15) is 0 Å². The molecule has 0 aliphatic carbocycles. The summed E-state index contributed by atoms with van der Waals surface area (Å²) in [4.78, 5) is 40.2. The highest BCUT2D eigenvalue weighted by atomic mass is 16.5. The van der Waals surface area contributed by atoms with Crippen LogP contribution in [0.5, 0.6) is 0 Å². The first-order valence-corrected chi connectivity index (χ1v) is 12.0. The molecular weight excluding hydrogens is 430 g/mol. The van der Waals surface area contributed by atoms with Crippen molar-refractivity contribution in [2.75, 3.05) is 38.2 Å². The Kier molecular flexibility index (Phi) is 9.22. The zero-order chi connectivity index (χ0) is 24.5. The number of carbonyl (C=O) groups excluding carboxylic acids is 3. The van der Waals surface area contributed by atoms with E-state index in [0.717, 1.165) is 30.4 Å². The van der Waals surface area contributed by atoms with Gasteiger partial charge in [0, 0.05) is 49.7 Å². The highest BCUT2D eigenvalue weighted by Crippen LogP contribution is 2.22. The van der Waals surface area contributed by atoms with E-state index in [9.17, 15) is 14.4 Å². The molecule has 2 aromatic carbocycles. The Labute approximate surface area is 201 Å². The van der Waals surface area contributed by atoms with Crippen molar-refractivity contribution in [2.45, 2.75) is 40.0 Å². The number of anilines is 1. The second-order valence-corrected chi connectivity index (χ2v) is 8.84.